The van der Waals surface area contributed by atoms with Gasteiger partial charge in [-0.05, 0) is 18.1 Å². The molecule has 1 N–H and O–H groups in total. The zero-order valence-corrected chi connectivity index (χ0v) is 15.7. The van der Waals surface area contributed by atoms with Gasteiger partial charge >= 0.3 is 5.69 Å². The van der Waals surface area contributed by atoms with Crippen LogP contribution in [0.5, 0.6) is 5.75 Å². The second-order valence-corrected chi connectivity index (χ2v) is 6.55. The third-order valence-electron chi connectivity index (χ3n) is 4.43. The summed E-state index contributed by atoms with van der Waals surface area (Å²) in [5.41, 5.74) is 0.109. The van der Waals surface area contributed by atoms with Crippen molar-refractivity contribution in [2.75, 3.05) is 12.4 Å². The Morgan fingerprint density at radius 2 is 2.19 bits per heavy atom. The number of nitrogens with one attached hydrogen (secondary N) is 1. The maximum Gasteiger partial charge on any atom is 0.311 e. The quantitative estimate of drug-likeness (QED) is 0.460. The van der Waals surface area contributed by atoms with Crippen molar-refractivity contribution < 1.29 is 14.5 Å². The molecule has 10 heteroatoms. The van der Waals surface area contributed by atoms with E-state index in [9.17, 15) is 19.7 Å². The van der Waals surface area contributed by atoms with Gasteiger partial charge in [0, 0.05) is 24.8 Å². The average molecular weight is 390 g/mol. The fraction of sp³-hybridized carbons (Fsp3) is 0.353. The Labute approximate surface area is 160 Å². The first kappa shape index (κ1) is 18.9. The molecular weight excluding hydrogens is 372 g/mol. The Morgan fingerprint density at radius 3 is 2.81 bits per heavy atom. The van der Waals surface area contributed by atoms with Crippen molar-refractivity contribution in [3.8, 4) is 5.75 Å². The van der Waals surface area contributed by atoms with E-state index in [1.807, 2.05) is 6.92 Å². The monoisotopic (exact) mass is 390 g/mol. The van der Waals surface area contributed by atoms with E-state index >= 15 is 0 Å². The third kappa shape index (κ3) is 3.39. The molecule has 1 aromatic heterocycles. The van der Waals surface area contributed by atoms with Gasteiger partial charge in [0.15, 0.2) is 5.75 Å². The van der Waals surface area contributed by atoms with Crippen molar-refractivity contribution in [3.05, 3.63) is 55.6 Å². The summed E-state index contributed by atoms with van der Waals surface area (Å²) in [7, 11) is 1.34. The van der Waals surface area contributed by atoms with Crippen molar-refractivity contribution >= 4 is 30.2 Å². The SMILES string of the molecule is CCCc1nc2c(c(=O)n1S)C(c1ccc(OC)c([N+](=O)[O-])c1)CC(=O)N2. The predicted octanol–water partition coefficient (Wildman–Crippen LogP) is 2.28. The maximum atomic E-state index is 12.9. The number of ether oxygens (including phenoxy) is 1. The first-order valence-corrected chi connectivity index (χ1v) is 8.74. The number of aryl methyl sites for hydroxylation is 1. The number of hydrogen-bond acceptors (Lipinski definition) is 7. The second-order valence-electron chi connectivity index (χ2n) is 6.15. The van der Waals surface area contributed by atoms with E-state index in [0.717, 1.165) is 6.42 Å². The third-order valence-corrected chi connectivity index (χ3v) is 4.85. The molecule has 1 amide bonds. The van der Waals surface area contributed by atoms with Crippen LogP contribution in [-0.2, 0) is 11.2 Å². The van der Waals surface area contributed by atoms with Crippen molar-refractivity contribution in [1.82, 2.24) is 8.96 Å². The molecule has 3 rings (SSSR count). The fourth-order valence-corrected chi connectivity index (χ4v) is 3.44. The van der Waals surface area contributed by atoms with Gasteiger partial charge in [-0.1, -0.05) is 25.8 Å². The molecule has 0 bridgehead atoms. The van der Waals surface area contributed by atoms with Gasteiger partial charge in [-0.3, -0.25) is 19.7 Å². The average Bonchev–Trinajstić information content (AvgIpc) is 2.64. The molecule has 0 saturated carbocycles. The summed E-state index contributed by atoms with van der Waals surface area (Å²) < 4.78 is 6.19. The van der Waals surface area contributed by atoms with Crippen LogP contribution in [0.1, 0.15) is 42.6 Å². The summed E-state index contributed by atoms with van der Waals surface area (Å²) in [5.74, 6) is -0.225. The number of thiol groups is 1. The van der Waals surface area contributed by atoms with E-state index in [1.165, 1.54) is 23.2 Å². The van der Waals surface area contributed by atoms with Gasteiger partial charge in [-0.15, -0.1) is 0 Å². The van der Waals surface area contributed by atoms with Gasteiger partial charge < -0.3 is 10.1 Å². The van der Waals surface area contributed by atoms with Crippen LogP contribution in [0.4, 0.5) is 11.5 Å². The minimum absolute atomic E-state index is 0.0195. The molecule has 1 aromatic carbocycles. The highest BCUT2D eigenvalue weighted by Crippen LogP contribution is 2.38. The first-order chi connectivity index (χ1) is 12.9. The molecule has 27 heavy (non-hydrogen) atoms. The number of rotatable bonds is 5. The Morgan fingerprint density at radius 1 is 1.44 bits per heavy atom. The summed E-state index contributed by atoms with van der Waals surface area (Å²) in [4.78, 5) is 40.2. The lowest BCUT2D eigenvalue weighted by Crippen LogP contribution is -2.34. The van der Waals surface area contributed by atoms with Crippen molar-refractivity contribution in [1.29, 1.82) is 0 Å². The van der Waals surface area contributed by atoms with Gasteiger partial charge in [0.1, 0.15) is 11.6 Å². The molecule has 0 fully saturated rings. The number of carbonyl (C=O) groups excluding carboxylic acids is 1. The van der Waals surface area contributed by atoms with Gasteiger partial charge in [0.25, 0.3) is 5.56 Å². The Balaban J connectivity index is 2.19. The van der Waals surface area contributed by atoms with E-state index in [2.05, 4.69) is 23.1 Å². The van der Waals surface area contributed by atoms with Crippen LogP contribution in [0.15, 0.2) is 23.0 Å². The molecule has 2 aromatic rings. The number of carbonyl (C=O) groups is 1. The largest absolute Gasteiger partial charge is 0.490 e. The number of methoxy groups -OCH3 is 1. The lowest BCUT2D eigenvalue weighted by molar-refractivity contribution is -0.385. The molecule has 142 valence electrons. The van der Waals surface area contributed by atoms with E-state index in [-0.39, 0.29) is 35.1 Å². The van der Waals surface area contributed by atoms with Gasteiger partial charge in [-0.2, -0.15) is 0 Å². The number of anilines is 1. The number of amides is 1. The minimum Gasteiger partial charge on any atom is -0.490 e. The number of nitro benzene ring substituents is 1. The van der Waals surface area contributed by atoms with E-state index in [4.69, 9.17) is 4.74 Å². The highest BCUT2D eigenvalue weighted by atomic mass is 32.1. The summed E-state index contributed by atoms with van der Waals surface area (Å²) in [6.07, 6.45) is 1.27. The maximum absolute atomic E-state index is 12.9. The molecule has 0 radical (unpaired) electrons. The zero-order chi connectivity index (χ0) is 19.7. The van der Waals surface area contributed by atoms with Crippen molar-refractivity contribution in [2.45, 2.75) is 32.1 Å². The summed E-state index contributed by atoms with van der Waals surface area (Å²) in [6.45, 7) is 1.94. The number of nitro groups is 1. The van der Waals surface area contributed by atoms with E-state index < -0.39 is 16.4 Å². The molecule has 0 spiro atoms. The first-order valence-electron chi connectivity index (χ1n) is 8.34. The molecule has 1 atom stereocenters. The van der Waals surface area contributed by atoms with E-state index in [0.29, 0.717) is 17.8 Å². The van der Waals surface area contributed by atoms with Crippen LogP contribution in [0.3, 0.4) is 0 Å². The fourth-order valence-electron chi connectivity index (χ4n) is 3.19. The number of nitrogens with zero attached hydrogens (tertiary/aromatic N) is 3. The lowest BCUT2D eigenvalue weighted by atomic mass is 9.86. The Bertz CT molecular complexity index is 988. The minimum atomic E-state index is -0.660. The van der Waals surface area contributed by atoms with Gasteiger partial charge in [0.05, 0.1) is 17.6 Å². The van der Waals surface area contributed by atoms with Crippen LogP contribution < -0.4 is 15.6 Å². The topological polar surface area (TPSA) is 116 Å². The van der Waals surface area contributed by atoms with E-state index in [1.54, 1.807) is 6.07 Å². The van der Waals surface area contributed by atoms with Crippen molar-refractivity contribution in [2.24, 2.45) is 0 Å². The molecule has 0 saturated heterocycles. The molecule has 2 heterocycles. The van der Waals surface area contributed by atoms with Crippen LogP contribution in [0.2, 0.25) is 0 Å². The van der Waals surface area contributed by atoms with Crippen LogP contribution in [0.25, 0.3) is 0 Å². The highest BCUT2D eigenvalue weighted by Gasteiger charge is 2.33. The normalized spacial score (nSPS) is 15.8. The second kappa shape index (κ2) is 7.39. The Kier molecular flexibility index (Phi) is 5.17. The van der Waals surface area contributed by atoms with Crippen LogP contribution in [-0.4, -0.2) is 26.9 Å². The highest BCUT2D eigenvalue weighted by molar-refractivity contribution is 7.78. The summed E-state index contributed by atoms with van der Waals surface area (Å²) in [6, 6.07) is 4.40. The van der Waals surface area contributed by atoms with Gasteiger partial charge in [-0.25, -0.2) is 8.96 Å². The smallest absolute Gasteiger partial charge is 0.311 e. The number of fused-ring (bicyclic) bond motifs is 1. The van der Waals surface area contributed by atoms with Crippen molar-refractivity contribution in [3.63, 3.8) is 0 Å². The molecule has 1 unspecified atom stereocenters. The summed E-state index contributed by atoms with van der Waals surface area (Å²) in [5, 5.41) is 13.9. The molecule has 9 nitrogen and oxygen atoms in total. The van der Waals surface area contributed by atoms with Gasteiger partial charge in [0.2, 0.25) is 5.91 Å². The zero-order valence-electron chi connectivity index (χ0n) is 14.8. The molecule has 0 aliphatic carbocycles. The summed E-state index contributed by atoms with van der Waals surface area (Å²) >= 11 is 4.24. The number of aromatic nitrogens is 2. The van der Waals surface area contributed by atoms with Crippen LogP contribution in [0, 0.1) is 10.1 Å². The van der Waals surface area contributed by atoms with Crippen LogP contribution >= 0.6 is 12.8 Å². The Hall–Kier alpha value is -2.88. The predicted molar refractivity (Wildman–Crippen MR) is 102 cm³/mol. The molecular formula is C17H18N4O5S. The lowest BCUT2D eigenvalue weighted by Gasteiger charge is -2.25. The standard InChI is InChI=1S/C17H18N4O5S/c1-3-4-13-18-16-15(17(23)20(13)27)10(8-14(22)19-16)9-5-6-12(26-2)11(7-9)21(24)25/h5-7,10,27H,3-4,8H2,1-2H3,(H,19,22). The number of hydrogen-bond donors (Lipinski definition) is 2. The molecule has 1 aliphatic rings. The number of benzene rings is 1. The molecule has 1 aliphatic heterocycles.